The largest absolute Gasteiger partial charge is 0.382 e. The molecule has 2 rings (SSSR count). The molecule has 0 saturated carbocycles. The Balaban J connectivity index is 2.22. The SMILES string of the molecule is Cc1cc(F)cc2c(NCCNC(=O)C(C)(C)C)c(C#N)cnc12. The number of carbonyl (C=O) groups is 1. The highest BCUT2D eigenvalue weighted by Gasteiger charge is 2.20. The third-order valence-corrected chi connectivity index (χ3v) is 3.64. The zero-order valence-electron chi connectivity index (χ0n) is 14.3. The number of aromatic nitrogens is 1. The molecule has 0 radical (unpaired) electrons. The van der Waals surface area contributed by atoms with Crippen molar-refractivity contribution in [3.8, 4) is 6.07 Å². The third kappa shape index (κ3) is 3.80. The number of anilines is 1. The summed E-state index contributed by atoms with van der Waals surface area (Å²) in [4.78, 5) is 16.1. The Morgan fingerprint density at radius 3 is 2.67 bits per heavy atom. The summed E-state index contributed by atoms with van der Waals surface area (Å²) < 4.78 is 13.7. The molecule has 1 aromatic heterocycles. The van der Waals surface area contributed by atoms with Gasteiger partial charge in [-0.3, -0.25) is 9.78 Å². The number of benzene rings is 1. The highest BCUT2D eigenvalue weighted by molar-refractivity contribution is 5.95. The van der Waals surface area contributed by atoms with Gasteiger partial charge in [-0.1, -0.05) is 20.8 Å². The predicted molar refractivity (Wildman–Crippen MR) is 92.1 cm³/mol. The second kappa shape index (κ2) is 6.83. The monoisotopic (exact) mass is 328 g/mol. The summed E-state index contributed by atoms with van der Waals surface area (Å²) in [5, 5.41) is 15.8. The number of nitriles is 1. The molecular formula is C18H21FN4O. The highest BCUT2D eigenvalue weighted by atomic mass is 19.1. The van der Waals surface area contributed by atoms with E-state index in [4.69, 9.17) is 0 Å². The molecule has 5 nitrogen and oxygen atoms in total. The summed E-state index contributed by atoms with van der Waals surface area (Å²) in [5.74, 6) is -0.424. The molecule has 0 spiro atoms. The van der Waals surface area contributed by atoms with Crippen LogP contribution in [-0.4, -0.2) is 24.0 Å². The van der Waals surface area contributed by atoms with Crippen molar-refractivity contribution in [3.05, 3.63) is 35.3 Å². The smallest absolute Gasteiger partial charge is 0.225 e. The number of aryl methyl sites for hydroxylation is 1. The number of pyridine rings is 1. The highest BCUT2D eigenvalue weighted by Crippen LogP contribution is 2.28. The maximum atomic E-state index is 13.7. The van der Waals surface area contributed by atoms with Gasteiger partial charge in [-0.25, -0.2) is 4.39 Å². The summed E-state index contributed by atoms with van der Waals surface area (Å²) in [6, 6.07) is 4.84. The Morgan fingerprint density at radius 1 is 1.33 bits per heavy atom. The van der Waals surface area contributed by atoms with Crippen LogP contribution in [0, 0.1) is 29.5 Å². The van der Waals surface area contributed by atoms with Gasteiger partial charge in [-0.15, -0.1) is 0 Å². The molecular weight excluding hydrogens is 307 g/mol. The van der Waals surface area contributed by atoms with Crippen LogP contribution >= 0.6 is 0 Å². The first-order chi connectivity index (χ1) is 11.2. The van der Waals surface area contributed by atoms with E-state index in [2.05, 4.69) is 21.7 Å². The van der Waals surface area contributed by atoms with E-state index < -0.39 is 5.41 Å². The number of rotatable bonds is 4. The van der Waals surface area contributed by atoms with Crippen molar-refractivity contribution in [2.45, 2.75) is 27.7 Å². The van der Waals surface area contributed by atoms with Crippen molar-refractivity contribution in [1.82, 2.24) is 10.3 Å². The first-order valence-electron chi connectivity index (χ1n) is 7.75. The second-order valence-electron chi connectivity index (χ2n) is 6.71. The van der Waals surface area contributed by atoms with Gasteiger partial charge in [0.2, 0.25) is 5.91 Å². The van der Waals surface area contributed by atoms with Crippen molar-refractivity contribution in [2.24, 2.45) is 5.41 Å². The van der Waals surface area contributed by atoms with Crippen LogP contribution in [0.25, 0.3) is 10.9 Å². The van der Waals surface area contributed by atoms with E-state index in [1.807, 2.05) is 20.8 Å². The minimum absolute atomic E-state index is 0.0497. The maximum Gasteiger partial charge on any atom is 0.225 e. The van der Waals surface area contributed by atoms with Crippen molar-refractivity contribution >= 4 is 22.5 Å². The molecule has 1 aromatic carbocycles. The lowest BCUT2D eigenvalue weighted by molar-refractivity contribution is -0.128. The number of nitrogens with zero attached hydrogens (tertiary/aromatic N) is 2. The number of halogens is 1. The van der Waals surface area contributed by atoms with Crippen LogP contribution in [-0.2, 0) is 4.79 Å². The molecule has 0 saturated heterocycles. The fraction of sp³-hybridized carbons (Fsp3) is 0.389. The lowest BCUT2D eigenvalue weighted by Crippen LogP contribution is -2.37. The minimum atomic E-state index is -0.457. The Kier molecular flexibility index (Phi) is 5.03. The Hall–Kier alpha value is -2.68. The number of hydrogen-bond acceptors (Lipinski definition) is 4. The Morgan fingerprint density at radius 2 is 2.04 bits per heavy atom. The second-order valence-corrected chi connectivity index (χ2v) is 6.71. The van der Waals surface area contributed by atoms with Crippen molar-refractivity contribution < 1.29 is 9.18 Å². The molecule has 0 atom stereocenters. The fourth-order valence-corrected chi connectivity index (χ4v) is 2.34. The van der Waals surface area contributed by atoms with Crippen LogP contribution in [0.5, 0.6) is 0 Å². The molecule has 24 heavy (non-hydrogen) atoms. The molecule has 2 aromatic rings. The van der Waals surface area contributed by atoms with E-state index >= 15 is 0 Å². The summed E-state index contributed by atoms with van der Waals surface area (Å²) in [6.07, 6.45) is 1.48. The lowest BCUT2D eigenvalue weighted by Gasteiger charge is -2.18. The van der Waals surface area contributed by atoms with Gasteiger partial charge in [0.05, 0.1) is 16.8 Å². The lowest BCUT2D eigenvalue weighted by atomic mass is 9.96. The number of carbonyl (C=O) groups excluding carboxylic acids is 1. The van der Waals surface area contributed by atoms with Gasteiger partial charge in [-0.2, -0.15) is 5.26 Å². The van der Waals surface area contributed by atoms with Crippen LogP contribution in [0.3, 0.4) is 0 Å². The van der Waals surface area contributed by atoms with Crippen LogP contribution in [0.15, 0.2) is 18.3 Å². The van der Waals surface area contributed by atoms with E-state index in [0.717, 1.165) is 0 Å². The molecule has 0 aliphatic carbocycles. The molecule has 0 aliphatic rings. The molecule has 0 aliphatic heterocycles. The van der Waals surface area contributed by atoms with E-state index in [9.17, 15) is 14.4 Å². The zero-order chi connectivity index (χ0) is 17.9. The number of fused-ring (bicyclic) bond motifs is 1. The number of amides is 1. The van der Waals surface area contributed by atoms with Crippen LogP contribution in [0.4, 0.5) is 10.1 Å². The van der Waals surface area contributed by atoms with E-state index in [-0.39, 0.29) is 11.7 Å². The molecule has 1 heterocycles. The first kappa shape index (κ1) is 17.7. The maximum absolute atomic E-state index is 13.7. The standard InChI is InChI=1S/C18H21FN4O/c1-11-7-13(19)8-14-15(11)23-10-12(9-20)16(14)21-5-6-22-17(24)18(2,3)4/h7-8,10H,5-6H2,1-4H3,(H,21,23)(H,22,24). The van der Waals surface area contributed by atoms with Gasteiger partial charge in [0, 0.05) is 30.1 Å². The Bertz CT molecular complexity index is 818. The van der Waals surface area contributed by atoms with E-state index in [1.54, 1.807) is 6.92 Å². The molecule has 0 bridgehead atoms. The minimum Gasteiger partial charge on any atom is -0.382 e. The van der Waals surface area contributed by atoms with E-state index in [1.165, 1.54) is 18.3 Å². The number of hydrogen-bond donors (Lipinski definition) is 2. The molecule has 0 unspecified atom stereocenters. The predicted octanol–water partition coefficient (Wildman–Crippen LogP) is 3.13. The molecule has 126 valence electrons. The van der Waals surface area contributed by atoms with Gasteiger partial charge < -0.3 is 10.6 Å². The van der Waals surface area contributed by atoms with Gasteiger partial charge in [0.15, 0.2) is 0 Å². The van der Waals surface area contributed by atoms with Crippen molar-refractivity contribution in [2.75, 3.05) is 18.4 Å². The molecule has 2 N–H and O–H groups in total. The average Bonchev–Trinajstić information content (AvgIpc) is 2.50. The molecule has 6 heteroatoms. The van der Waals surface area contributed by atoms with Gasteiger partial charge in [-0.05, 0) is 24.6 Å². The first-order valence-corrected chi connectivity index (χ1v) is 7.75. The van der Waals surface area contributed by atoms with Crippen LogP contribution in [0.2, 0.25) is 0 Å². The quantitative estimate of drug-likeness (QED) is 0.845. The normalized spacial score (nSPS) is 11.2. The van der Waals surface area contributed by atoms with Crippen molar-refractivity contribution in [1.29, 1.82) is 5.26 Å². The van der Waals surface area contributed by atoms with Gasteiger partial charge in [0.1, 0.15) is 11.9 Å². The summed E-state index contributed by atoms with van der Waals surface area (Å²) >= 11 is 0. The summed E-state index contributed by atoms with van der Waals surface area (Å²) in [5.41, 5.74) is 1.78. The van der Waals surface area contributed by atoms with Crippen LogP contribution in [0.1, 0.15) is 31.9 Å². The molecule has 0 fully saturated rings. The van der Waals surface area contributed by atoms with Crippen molar-refractivity contribution in [3.63, 3.8) is 0 Å². The van der Waals surface area contributed by atoms with Gasteiger partial charge >= 0.3 is 0 Å². The Labute approximate surface area is 140 Å². The average molecular weight is 328 g/mol. The number of nitrogens with one attached hydrogen (secondary N) is 2. The van der Waals surface area contributed by atoms with Gasteiger partial charge in [0.25, 0.3) is 0 Å². The third-order valence-electron chi connectivity index (χ3n) is 3.64. The summed E-state index contributed by atoms with van der Waals surface area (Å²) in [7, 11) is 0. The molecule has 1 amide bonds. The fourth-order valence-electron chi connectivity index (χ4n) is 2.34. The van der Waals surface area contributed by atoms with Crippen LogP contribution < -0.4 is 10.6 Å². The topological polar surface area (TPSA) is 77.8 Å². The summed E-state index contributed by atoms with van der Waals surface area (Å²) in [6.45, 7) is 8.12. The van der Waals surface area contributed by atoms with E-state index in [0.29, 0.717) is 40.8 Å². The zero-order valence-corrected chi connectivity index (χ0v) is 14.3.